The molecule has 1 aliphatic heterocycles. The Labute approximate surface area is 202 Å². The van der Waals surface area contributed by atoms with E-state index in [9.17, 15) is 9.59 Å². The van der Waals surface area contributed by atoms with E-state index < -0.39 is 5.97 Å². The zero-order valence-corrected chi connectivity index (χ0v) is 19.7. The summed E-state index contributed by atoms with van der Waals surface area (Å²) in [5.41, 5.74) is 3.20. The van der Waals surface area contributed by atoms with Gasteiger partial charge in [0.1, 0.15) is 23.0 Å². The largest absolute Gasteiger partial charge is 0.497 e. The van der Waals surface area contributed by atoms with Gasteiger partial charge in [-0.3, -0.25) is 4.79 Å². The number of ether oxygens (including phenoxy) is 4. The van der Waals surface area contributed by atoms with Gasteiger partial charge in [-0.25, -0.2) is 4.79 Å². The predicted octanol–water partition coefficient (Wildman–Crippen LogP) is 5.34. The van der Waals surface area contributed by atoms with Gasteiger partial charge in [0.25, 0.3) is 0 Å². The molecule has 3 aromatic carbocycles. The fraction of sp³-hybridized carbons (Fsp3) is 0.143. The zero-order valence-electron chi connectivity index (χ0n) is 19.7. The summed E-state index contributed by atoms with van der Waals surface area (Å²) in [5.74, 6) is 1.05. The Balaban J connectivity index is 1.45. The van der Waals surface area contributed by atoms with Crippen molar-refractivity contribution in [3.63, 3.8) is 0 Å². The number of methoxy groups -OCH3 is 2. The average Bonchev–Trinajstić information content (AvgIpc) is 3.37. The molecule has 0 atom stereocenters. The maximum atomic E-state index is 13.1. The van der Waals surface area contributed by atoms with Gasteiger partial charge in [-0.05, 0) is 43.3 Å². The predicted molar refractivity (Wildman–Crippen MR) is 132 cm³/mol. The van der Waals surface area contributed by atoms with E-state index in [0.717, 1.165) is 16.5 Å². The number of para-hydroxylation sites is 1. The number of fused-ring (bicyclic) bond motifs is 2. The summed E-state index contributed by atoms with van der Waals surface area (Å²) in [4.78, 5) is 25.9. The van der Waals surface area contributed by atoms with Crippen LogP contribution in [0, 0.1) is 6.92 Å². The molecule has 0 N–H and O–H groups in total. The van der Waals surface area contributed by atoms with Crippen LogP contribution < -0.4 is 18.9 Å². The molecule has 0 amide bonds. The van der Waals surface area contributed by atoms with Gasteiger partial charge in [-0.15, -0.1) is 0 Å². The number of hydrogen-bond acceptors (Lipinski definition) is 6. The number of carbonyl (C=O) groups excluding carboxylic acids is 2. The number of allylic oxidation sites excluding steroid dienone is 1. The van der Waals surface area contributed by atoms with Crippen molar-refractivity contribution < 1.29 is 28.5 Å². The summed E-state index contributed by atoms with van der Waals surface area (Å²) in [7, 11) is 4.97. The lowest BCUT2D eigenvalue weighted by atomic mass is 10.1. The molecule has 0 radical (unpaired) electrons. The van der Waals surface area contributed by atoms with Crippen LogP contribution in [0.15, 0.2) is 66.6 Å². The van der Waals surface area contributed by atoms with Crippen LogP contribution in [0.2, 0.25) is 0 Å². The first kappa shape index (κ1) is 22.3. The maximum Gasteiger partial charge on any atom is 0.343 e. The second kappa shape index (κ2) is 8.68. The highest BCUT2D eigenvalue weighted by Gasteiger charge is 2.31. The third-order valence-corrected chi connectivity index (χ3v) is 6.04. The quantitative estimate of drug-likeness (QED) is 0.223. The fourth-order valence-electron chi connectivity index (χ4n) is 4.19. The van der Waals surface area contributed by atoms with Gasteiger partial charge < -0.3 is 23.5 Å². The van der Waals surface area contributed by atoms with Crippen molar-refractivity contribution in [2.45, 2.75) is 6.92 Å². The van der Waals surface area contributed by atoms with Gasteiger partial charge in [0.15, 0.2) is 5.76 Å². The molecule has 0 fully saturated rings. The third kappa shape index (κ3) is 3.91. The molecule has 4 aromatic rings. The maximum absolute atomic E-state index is 13.1. The Morgan fingerprint density at radius 3 is 2.43 bits per heavy atom. The molecule has 1 aromatic heterocycles. The molecule has 176 valence electrons. The molecule has 0 bridgehead atoms. The van der Waals surface area contributed by atoms with E-state index in [1.54, 1.807) is 43.3 Å². The molecule has 1 aliphatic rings. The van der Waals surface area contributed by atoms with E-state index >= 15 is 0 Å². The Morgan fingerprint density at radius 2 is 1.71 bits per heavy atom. The number of carbonyl (C=O) groups is 2. The molecule has 7 nitrogen and oxygen atoms in total. The highest BCUT2D eigenvalue weighted by Crippen LogP contribution is 2.40. The highest BCUT2D eigenvalue weighted by atomic mass is 16.5. The van der Waals surface area contributed by atoms with Crippen LogP contribution in [-0.4, -0.2) is 30.5 Å². The molecule has 0 aliphatic carbocycles. The van der Waals surface area contributed by atoms with E-state index in [0.29, 0.717) is 34.1 Å². The number of benzene rings is 3. The Morgan fingerprint density at radius 1 is 1.00 bits per heavy atom. The standard InChI is InChI=1S/C28H23NO6/c1-16-24(35-28(31)17-11-19(32-3)14-20(12-17)33-4)10-9-22-26(30)25(34-27(16)22)13-18-15-29(2)23-8-6-5-7-21(18)23/h5-15H,1-4H3. The molecule has 0 saturated carbocycles. The van der Waals surface area contributed by atoms with E-state index in [2.05, 4.69) is 0 Å². The summed E-state index contributed by atoms with van der Waals surface area (Å²) in [6.45, 7) is 1.75. The van der Waals surface area contributed by atoms with Crippen molar-refractivity contribution in [3.05, 3.63) is 88.8 Å². The van der Waals surface area contributed by atoms with Crippen molar-refractivity contribution >= 4 is 28.7 Å². The van der Waals surface area contributed by atoms with Crippen LogP contribution in [0.5, 0.6) is 23.0 Å². The summed E-state index contributed by atoms with van der Waals surface area (Å²) in [6, 6.07) is 16.0. The lowest BCUT2D eigenvalue weighted by Crippen LogP contribution is -2.10. The molecule has 5 rings (SSSR count). The first-order chi connectivity index (χ1) is 16.9. The van der Waals surface area contributed by atoms with Crippen molar-refractivity contribution in [2.75, 3.05) is 14.2 Å². The topological polar surface area (TPSA) is 76.0 Å². The number of Topliss-reactive ketones (excluding diaryl/α,β-unsaturated/α-hetero) is 1. The number of aromatic nitrogens is 1. The van der Waals surface area contributed by atoms with Gasteiger partial charge in [0.2, 0.25) is 5.78 Å². The van der Waals surface area contributed by atoms with Crippen LogP contribution in [-0.2, 0) is 7.05 Å². The molecule has 35 heavy (non-hydrogen) atoms. The SMILES string of the molecule is COc1cc(OC)cc(C(=O)Oc2ccc3c(c2C)OC(=Cc2cn(C)c4ccccc24)C3=O)c1. The van der Waals surface area contributed by atoms with Crippen LogP contribution in [0.3, 0.4) is 0 Å². The molecule has 0 spiro atoms. The summed E-state index contributed by atoms with van der Waals surface area (Å²) in [5, 5.41) is 1.02. The van der Waals surface area contributed by atoms with Gasteiger partial charge in [0, 0.05) is 41.3 Å². The molecule has 0 unspecified atom stereocenters. The fourth-order valence-corrected chi connectivity index (χ4v) is 4.19. The highest BCUT2D eigenvalue weighted by molar-refractivity contribution is 6.15. The Bertz CT molecular complexity index is 1510. The van der Waals surface area contributed by atoms with Gasteiger partial charge in [-0.1, -0.05) is 18.2 Å². The normalized spacial score (nSPS) is 13.6. The van der Waals surface area contributed by atoms with Crippen molar-refractivity contribution in [2.24, 2.45) is 7.05 Å². The smallest absolute Gasteiger partial charge is 0.343 e. The molecule has 7 heteroatoms. The molecular formula is C28H23NO6. The second-order valence-electron chi connectivity index (χ2n) is 8.21. The Hall–Kier alpha value is -4.52. The molecule has 0 saturated heterocycles. The van der Waals surface area contributed by atoms with Crippen molar-refractivity contribution in [3.8, 4) is 23.0 Å². The molecule has 2 heterocycles. The van der Waals surface area contributed by atoms with Crippen LogP contribution in [0.4, 0.5) is 0 Å². The minimum atomic E-state index is -0.582. The number of aryl methyl sites for hydroxylation is 1. The zero-order chi connectivity index (χ0) is 24.7. The van der Waals surface area contributed by atoms with Crippen LogP contribution in [0.25, 0.3) is 17.0 Å². The van der Waals surface area contributed by atoms with Gasteiger partial charge in [-0.2, -0.15) is 0 Å². The minimum absolute atomic E-state index is 0.216. The van der Waals surface area contributed by atoms with Crippen LogP contribution in [0.1, 0.15) is 31.8 Å². The summed E-state index contributed by atoms with van der Waals surface area (Å²) in [6.07, 6.45) is 3.71. The molecular weight excluding hydrogens is 446 g/mol. The third-order valence-electron chi connectivity index (χ3n) is 6.04. The lowest BCUT2D eigenvalue weighted by molar-refractivity contribution is 0.0732. The number of hydrogen-bond donors (Lipinski definition) is 0. The number of nitrogens with zero attached hydrogens (tertiary/aromatic N) is 1. The minimum Gasteiger partial charge on any atom is -0.497 e. The monoisotopic (exact) mass is 469 g/mol. The van der Waals surface area contributed by atoms with E-state index in [1.807, 2.05) is 42.1 Å². The van der Waals surface area contributed by atoms with Crippen molar-refractivity contribution in [1.82, 2.24) is 4.57 Å². The number of ketones is 1. The lowest BCUT2D eigenvalue weighted by Gasteiger charge is -2.11. The Kier molecular flexibility index (Phi) is 5.53. The van der Waals surface area contributed by atoms with E-state index in [-0.39, 0.29) is 17.1 Å². The van der Waals surface area contributed by atoms with E-state index in [4.69, 9.17) is 18.9 Å². The van der Waals surface area contributed by atoms with Crippen molar-refractivity contribution in [1.29, 1.82) is 0 Å². The number of esters is 1. The summed E-state index contributed by atoms with van der Waals surface area (Å²) < 4.78 is 24.1. The first-order valence-electron chi connectivity index (χ1n) is 11.0. The first-order valence-corrected chi connectivity index (χ1v) is 11.0. The summed E-state index contributed by atoms with van der Waals surface area (Å²) >= 11 is 0. The number of rotatable bonds is 5. The van der Waals surface area contributed by atoms with Crippen LogP contribution >= 0.6 is 0 Å². The second-order valence-corrected chi connectivity index (χ2v) is 8.21. The van der Waals surface area contributed by atoms with E-state index in [1.165, 1.54) is 14.2 Å². The average molecular weight is 469 g/mol. The van der Waals surface area contributed by atoms with Gasteiger partial charge in [0.05, 0.1) is 25.3 Å². The van der Waals surface area contributed by atoms with Gasteiger partial charge >= 0.3 is 5.97 Å².